The molecule has 1 nitrogen and oxygen atoms in total. The van der Waals surface area contributed by atoms with E-state index in [1.54, 1.807) is 0 Å². The van der Waals surface area contributed by atoms with Crippen LogP contribution in [0.15, 0.2) is 103 Å². The average Bonchev–Trinajstić information content (AvgIpc) is 2.73. The number of nitrogen functional groups attached to an aromatic ring is 1. The third-order valence-corrected chi connectivity index (χ3v) is 5.27. The van der Waals surface area contributed by atoms with Gasteiger partial charge in [-0.25, -0.2) is 0 Å². The van der Waals surface area contributed by atoms with E-state index in [2.05, 4.69) is 103 Å². The highest BCUT2D eigenvalue weighted by atomic mass is 14.6. The highest BCUT2D eigenvalue weighted by molar-refractivity contribution is 6.05. The normalized spacial score (nSPS) is 11.1. The van der Waals surface area contributed by atoms with E-state index in [1.807, 2.05) is 0 Å². The predicted octanol–water partition coefficient (Wildman–Crippen LogP) is 6.91. The second-order valence-corrected chi connectivity index (χ2v) is 6.82. The quantitative estimate of drug-likeness (QED) is 0.346. The van der Waals surface area contributed by atoms with Gasteiger partial charge < -0.3 is 5.73 Å². The molecule has 0 aromatic heterocycles. The van der Waals surface area contributed by atoms with E-state index in [1.165, 1.54) is 32.7 Å². The summed E-state index contributed by atoms with van der Waals surface area (Å²) < 4.78 is 0. The first-order valence-electron chi connectivity index (χ1n) is 9.18. The van der Waals surface area contributed by atoms with Crippen molar-refractivity contribution in [2.75, 3.05) is 5.73 Å². The van der Waals surface area contributed by atoms with Crippen LogP contribution in [0.2, 0.25) is 0 Å². The van der Waals surface area contributed by atoms with Gasteiger partial charge in [-0.05, 0) is 32.7 Å². The summed E-state index contributed by atoms with van der Waals surface area (Å²) in [5.41, 5.74) is 12.1. The number of hydrogen-bond acceptors (Lipinski definition) is 1. The van der Waals surface area contributed by atoms with Crippen LogP contribution in [0.4, 0.5) is 5.69 Å². The van der Waals surface area contributed by atoms with Crippen molar-refractivity contribution >= 4 is 27.2 Å². The molecule has 0 aliphatic carbocycles. The number of benzene rings is 5. The molecule has 0 radical (unpaired) electrons. The van der Waals surface area contributed by atoms with E-state index in [0.29, 0.717) is 0 Å². The maximum absolute atomic E-state index is 6.73. The van der Waals surface area contributed by atoms with Gasteiger partial charge in [0.15, 0.2) is 0 Å². The molecule has 0 heterocycles. The zero-order valence-electron chi connectivity index (χ0n) is 14.9. The standard InChI is InChI=1S/C26H19N/c27-26-24(22-14-5-10-18-8-1-3-12-20(18)22)16-7-17-25(26)23-15-6-11-19-9-2-4-13-21(19)23/h1-17H,27H2. The molecule has 0 spiro atoms. The van der Waals surface area contributed by atoms with E-state index >= 15 is 0 Å². The van der Waals surface area contributed by atoms with Crippen LogP contribution in [0.3, 0.4) is 0 Å². The lowest BCUT2D eigenvalue weighted by molar-refractivity contribution is 1.61. The van der Waals surface area contributed by atoms with Gasteiger partial charge in [0.2, 0.25) is 0 Å². The van der Waals surface area contributed by atoms with Gasteiger partial charge in [0.05, 0.1) is 0 Å². The van der Waals surface area contributed by atoms with Gasteiger partial charge in [-0.3, -0.25) is 0 Å². The second kappa shape index (κ2) is 6.30. The minimum absolute atomic E-state index is 0.824. The van der Waals surface area contributed by atoms with Crippen molar-refractivity contribution < 1.29 is 0 Å². The monoisotopic (exact) mass is 345 g/mol. The van der Waals surface area contributed by atoms with Crippen molar-refractivity contribution in [1.82, 2.24) is 0 Å². The number of nitrogens with two attached hydrogens (primary N) is 1. The highest BCUT2D eigenvalue weighted by Crippen LogP contribution is 2.39. The molecule has 0 aliphatic heterocycles. The summed E-state index contributed by atoms with van der Waals surface area (Å²) in [6.45, 7) is 0. The van der Waals surface area contributed by atoms with Crippen molar-refractivity contribution in [1.29, 1.82) is 0 Å². The fraction of sp³-hybridized carbons (Fsp3) is 0. The summed E-state index contributed by atoms with van der Waals surface area (Å²) >= 11 is 0. The molecular weight excluding hydrogens is 326 g/mol. The van der Waals surface area contributed by atoms with Gasteiger partial charge in [-0.1, -0.05) is 103 Å². The molecular formula is C26H19N. The molecule has 0 saturated carbocycles. The third kappa shape index (κ3) is 2.56. The van der Waals surface area contributed by atoms with Crippen molar-refractivity contribution in [3.63, 3.8) is 0 Å². The lowest BCUT2D eigenvalue weighted by atomic mass is 9.91. The Morgan fingerprint density at radius 3 is 1.26 bits per heavy atom. The summed E-state index contributed by atoms with van der Waals surface area (Å²) in [4.78, 5) is 0. The van der Waals surface area contributed by atoms with Gasteiger partial charge in [-0.15, -0.1) is 0 Å². The Morgan fingerprint density at radius 2 is 0.741 bits per heavy atom. The third-order valence-electron chi connectivity index (χ3n) is 5.27. The molecule has 5 rings (SSSR count). The molecule has 2 N–H and O–H groups in total. The SMILES string of the molecule is Nc1c(-c2cccc3ccccc23)cccc1-c1cccc2ccccc12. The molecule has 0 aliphatic rings. The van der Waals surface area contributed by atoms with Crippen LogP contribution in [0.5, 0.6) is 0 Å². The first kappa shape index (κ1) is 15.7. The largest absolute Gasteiger partial charge is 0.398 e. The average molecular weight is 345 g/mol. The minimum Gasteiger partial charge on any atom is -0.398 e. The first-order chi connectivity index (χ1) is 13.3. The zero-order chi connectivity index (χ0) is 18.2. The Labute approximate surface area is 158 Å². The van der Waals surface area contributed by atoms with Crippen LogP contribution >= 0.6 is 0 Å². The summed E-state index contributed by atoms with van der Waals surface area (Å²) in [7, 11) is 0. The maximum Gasteiger partial charge on any atom is 0.0473 e. The molecule has 0 fully saturated rings. The van der Waals surface area contributed by atoms with Crippen molar-refractivity contribution in [2.45, 2.75) is 0 Å². The van der Waals surface area contributed by atoms with Crippen LogP contribution in [0.25, 0.3) is 43.8 Å². The molecule has 5 aromatic rings. The van der Waals surface area contributed by atoms with Crippen LogP contribution in [-0.2, 0) is 0 Å². The lowest BCUT2D eigenvalue weighted by Crippen LogP contribution is -1.95. The Bertz CT molecular complexity index is 1180. The van der Waals surface area contributed by atoms with E-state index < -0.39 is 0 Å². The molecule has 0 saturated heterocycles. The van der Waals surface area contributed by atoms with Crippen molar-refractivity contribution in [3.8, 4) is 22.3 Å². The van der Waals surface area contributed by atoms with E-state index in [0.717, 1.165) is 16.8 Å². The summed E-state index contributed by atoms with van der Waals surface area (Å²) in [5.74, 6) is 0. The molecule has 5 aromatic carbocycles. The van der Waals surface area contributed by atoms with Gasteiger partial charge >= 0.3 is 0 Å². The Morgan fingerprint density at radius 1 is 0.370 bits per heavy atom. The van der Waals surface area contributed by atoms with Gasteiger partial charge in [0, 0.05) is 16.8 Å². The van der Waals surface area contributed by atoms with Crippen molar-refractivity contribution in [3.05, 3.63) is 103 Å². The Kier molecular flexibility index (Phi) is 3.65. The fourth-order valence-corrected chi connectivity index (χ4v) is 3.96. The zero-order valence-corrected chi connectivity index (χ0v) is 14.9. The molecule has 0 amide bonds. The smallest absolute Gasteiger partial charge is 0.0473 e. The van der Waals surface area contributed by atoms with Gasteiger partial charge in [0.1, 0.15) is 0 Å². The first-order valence-corrected chi connectivity index (χ1v) is 9.18. The van der Waals surface area contributed by atoms with E-state index in [-0.39, 0.29) is 0 Å². The lowest BCUT2D eigenvalue weighted by Gasteiger charge is -2.15. The summed E-state index contributed by atoms with van der Waals surface area (Å²) in [5, 5.41) is 4.90. The number of para-hydroxylation sites is 1. The second-order valence-electron chi connectivity index (χ2n) is 6.82. The predicted molar refractivity (Wildman–Crippen MR) is 117 cm³/mol. The Balaban J connectivity index is 1.78. The van der Waals surface area contributed by atoms with E-state index in [9.17, 15) is 0 Å². The van der Waals surface area contributed by atoms with Gasteiger partial charge in [-0.2, -0.15) is 0 Å². The fourth-order valence-electron chi connectivity index (χ4n) is 3.96. The van der Waals surface area contributed by atoms with Gasteiger partial charge in [0.25, 0.3) is 0 Å². The maximum atomic E-state index is 6.73. The topological polar surface area (TPSA) is 26.0 Å². The Hall–Kier alpha value is -3.58. The van der Waals surface area contributed by atoms with E-state index in [4.69, 9.17) is 5.73 Å². The number of fused-ring (bicyclic) bond motifs is 2. The van der Waals surface area contributed by atoms with Crippen LogP contribution in [0, 0.1) is 0 Å². The summed E-state index contributed by atoms with van der Waals surface area (Å²) in [6.07, 6.45) is 0. The molecule has 0 bridgehead atoms. The molecule has 0 atom stereocenters. The molecule has 1 heteroatoms. The molecule has 128 valence electrons. The van der Waals surface area contributed by atoms with Crippen LogP contribution < -0.4 is 5.73 Å². The molecule has 0 unspecified atom stereocenters. The molecule has 27 heavy (non-hydrogen) atoms. The minimum atomic E-state index is 0.824. The van der Waals surface area contributed by atoms with Crippen LogP contribution in [0.1, 0.15) is 0 Å². The van der Waals surface area contributed by atoms with Crippen molar-refractivity contribution in [2.24, 2.45) is 0 Å². The number of rotatable bonds is 2. The summed E-state index contributed by atoms with van der Waals surface area (Å²) in [6, 6.07) is 36.0. The number of hydrogen-bond donors (Lipinski definition) is 1. The van der Waals surface area contributed by atoms with Crippen LogP contribution in [-0.4, -0.2) is 0 Å². The highest BCUT2D eigenvalue weighted by Gasteiger charge is 2.12. The number of anilines is 1.